The molecule has 0 amide bonds. The van der Waals surface area contributed by atoms with Crippen LogP contribution in [0.15, 0.2) is 81.2 Å². The fourth-order valence-corrected chi connectivity index (χ4v) is 16.0. The summed E-state index contributed by atoms with van der Waals surface area (Å²) < 4.78 is 5.04. The van der Waals surface area contributed by atoms with Crippen molar-refractivity contribution in [1.82, 2.24) is 0 Å². The molecule has 0 radical (unpaired) electrons. The van der Waals surface area contributed by atoms with E-state index in [2.05, 4.69) is 167 Å². The van der Waals surface area contributed by atoms with Crippen molar-refractivity contribution >= 4 is 3.71 Å². The first-order valence-electron chi connectivity index (χ1n) is 16.7. The molecule has 0 nitrogen and oxygen atoms in total. The van der Waals surface area contributed by atoms with Crippen molar-refractivity contribution in [3.8, 4) is 11.1 Å². The van der Waals surface area contributed by atoms with Gasteiger partial charge in [-0.3, -0.25) is 0 Å². The van der Waals surface area contributed by atoms with Crippen LogP contribution in [0.4, 0.5) is 0 Å². The van der Waals surface area contributed by atoms with Crippen LogP contribution < -0.4 is 24.8 Å². The molecule has 3 aromatic rings. The molecule has 0 N–H and O–H groups in total. The number of benzene rings is 3. The molecule has 1 unspecified atom stereocenters. The second-order valence-electron chi connectivity index (χ2n) is 17.7. The predicted octanol–water partition coefficient (Wildman–Crippen LogP) is 6.02. The standard InChI is InChI=1S/C21H25.C11H17.C11H14.2ClH.Zr/c1-20(2,3)16-7-9-18-14(12-16)11-15-13-17(21(4,5)6)8-10-19(15)18;1-8-6-9(2)10(7-8)11(3,4)5;1-9-5-7-10(8-6-9)11(2,3)4;;;/h7-13H,1-6H3;7-8H,1-5H3;1,5-8H,2-4H3;2*1H;/q;;;;;+2/p-2. The number of rotatable bonds is 3. The summed E-state index contributed by atoms with van der Waals surface area (Å²) in [5, 5.41) is 0. The molecule has 0 aliphatic heterocycles. The van der Waals surface area contributed by atoms with Crippen LogP contribution in [-0.4, -0.2) is 3.71 Å². The Labute approximate surface area is 301 Å². The summed E-state index contributed by atoms with van der Waals surface area (Å²) in [6.45, 7) is 33.2. The summed E-state index contributed by atoms with van der Waals surface area (Å²) in [6, 6.07) is 24.4. The Kier molecular flexibility index (Phi) is 11.3. The summed E-state index contributed by atoms with van der Waals surface area (Å²) in [5.41, 5.74) is 15.4. The van der Waals surface area contributed by atoms with Crippen LogP contribution in [0.2, 0.25) is 0 Å². The fraction of sp³-hybridized carbons (Fsp3) is 0.465. The van der Waals surface area contributed by atoms with Gasteiger partial charge in [0.1, 0.15) is 0 Å². The third kappa shape index (κ3) is 7.53. The van der Waals surface area contributed by atoms with Crippen LogP contribution in [0.1, 0.15) is 134 Å². The number of hydrogen-bond donors (Lipinski definition) is 0. The molecule has 0 saturated heterocycles. The molecule has 0 spiro atoms. The van der Waals surface area contributed by atoms with Gasteiger partial charge in [0.2, 0.25) is 0 Å². The Hall–Kier alpha value is -1.53. The van der Waals surface area contributed by atoms with Crippen molar-refractivity contribution in [2.75, 3.05) is 0 Å². The molecular weight excluding hydrogens is 679 g/mol. The summed E-state index contributed by atoms with van der Waals surface area (Å²) in [5.74, 6) is 0.479. The van der Waals surface area contributed by atoms with Crippen LogP contribution in [0.5, 0.6) is 0 Å². The Morgan fingerprint density at radius 1 is 0.565 bits per heavy atom. The van der Waals surface area contributed by atoms with Gasteiger partial charge in [-0.2, -0.15) is 0 Å². The van der Waals surface area contributed by atoms with Gasteiger partial charge in [-0.1, -0.05) is 0 Å². The van der Waals surface area contributed by atoms with Crippen LogP contribution in [0.25, 0.3) is 11.1 Å². The predicted molar refractivity (Wildman–Crippen MR) is 191 cm³/mol. The first-order valence-corrected chi connectivity index (χ1v) is 20.8. The third-order valence-electron chi connectivity index (χ3n) is 9.96. The van der Waals surface area contributed by atoms with Gasteiger partial charge in [0.05, 0.1) is 0 Å². The van der Waals surface area contributed by atoms with E-state index in [-0.39, 0.29) is 46.5 Å². The van der Waals surface area contributed by atoms with Gasteiger partial charge in [0, 0.05) is 0 Å². The van der Waals surface area contributed by atoms with E-state index in [1.165, 1.54) is 33.4 Å². The molecule has 3 aromatic carbocycles. The molecule has 3 heteroatoms. The normalized spacial score (nSPS) is 16.9. The van der Waals surface area contributed by atoms with Crippen molar-refractivity contribution in [2.24, 2.45) is 11.3 Å². The van der Waals surface area contributed by atoms with Gasteiger partial charge < -0.3 is 24.8 Å². The molecule has 0 saturated carbocycles. The largest absolute Gasteiger partial charge is 1.00 e. The van der Waals surface area contributed by atoms with Gasteiger partial charge in [-0.05, 0) is 0 Å². The van der Waals surface area contributed by atoms with Crippen LogP contribution in [0, 0.1) is 11.3 Å². The summed E-state index contributed by atoms with van der Waals surface area (Å²) >= 11 is -2.61. The van der Waals surface area contributed by atoms with E-state index < -0.39 is 21.3 Å². The fourth-order valence-electron chi connectivity index (χ4n) is 7.34. The maximum absolute atomic E-state index is 2.81. The molecular formula is C43H56Cl2Zr. The molecule has 0 fully saturated rings. The Morgan fingerprint density at radius 2 is 0.978 bits per heavy atom. The molecule has 1 atom stereocenters. The van der Waals surface area contributed by atoms with E-state index in [1.54, 1.807) is 25.6 Å². The minimum atomic E-state index is -2.61. The van der Waals surface area contributed by atoms with Crippen LogP contribution in [-0.2, 0) is 37.5 Å². The van der Waals surface area contributed by atoms with Gasteiger partial charge >= 0.3 is 279 Å². The number of halogens is 2. The van der Waals surface area contributed by atoms with Crippen molar-refractivity contribution in [1.29, 1.82) is 0 Å². The molecule has 2 aliphatic carbocycles. The average Bonchev–Trinajstić information content (AvgIpc) is 3.39. The SMILES string of the molecule is CC1=[C](/[Zr+2](=[CH]\c2ccc(C(C)(C)C)cc2)[CH]2c3cc(C(C)(C)C)ccc3-c3ccc(C(C)(C)C)cc32)C(C)C=C1C(C)(C)C.[Cl-].[Cl-]. The number of allylic oxidation sites excluding steroid dienone is 4. The van der Waals surface area contributed by atoms with Gasteiger partial charge in [0.15, 0.2) is 0 Å². The summed E-state index contributed by atoms with van der Waals surface area (Å²) in [4.78, 5) is 0. The Bertz CT molecular complexity index is 1620. The zero-order valence-corrected chi connectivity index (χ0v) is 34.8. The molecule has 5 rings (SSSR count). The minimum Gasteiger partial charge on any atom is -1.00 e. The summed E-state index contributed by atoms with van der Waals surface area (Å²) in [6.07, 6.45) is 2.61. The molecule has 0 heterocycles. The first kappa shape index (κ1) is 38.9. The van der Waals surface area contributed by atoms with Crippen molar-refractivity contribution in [3.05, 3.63) is 115 Å². The van der Waals surface area contributed by atoms with Crippen molar-refractivity contribution < 1.29 is 46.1 Å². The van der Waals surface area contributed by atoms with Crippen LogP contribution >= 0.6 is 0 Å². The van der Waals surface area contributed by atoms with E-state index in [4.69, 9.17) is 0 Å². The van der Waals surface area contributed by atoms with E-state index in [0.717, 1.165) is 0 Å². The van der Waals surface area contributed by atoms with E-state index in [0.29, 0.717) is 9.54 Å². The smallest absolute Gasteiger partial charge is 1.00 e. The van der Waals surface area contributed by atoms with Gasteiger partial charge in [-0.25, -0.2) is 0 Å². The molecule has 2 aliphatic rings. The molecule has 46 heavy (non-hydrogen) atoms. The molecule has 0 bridgehead atoms. The van der Waals surface area contributed by atoms with E-state index in [1.807, 2.05) is 0 Å². The second-order valence-corrected chi connectivity index (χ2v) is 23.4. The zero-order valence-electron chi connectivity index (χ0n) is 30.8. The third-order valence-corrected chi connectivity index (χ3v) is 18.2. The number of hydrogen-bond acceptors (Lipinski definition) is 0. The average molecular weight is 735 g/mol. The quantitative estimate of drug-likeness (QED) is 0.309. The van der Waals surface area contributed by atoms with Crippen molar-refractivity contribution in [2.45, 2.75) is 117 Å². The van der Waals surface area contributed by atoms with Gasteiger partial charge in [0.25, 0.3) is 0 Å². The van der Waals surface area contributed by atoms with E-state index in [9.17, 15) is 0 Å². The second kappa shape index (κ2) is 13.4. The minimum absolute atomic E-state index is 0. The van der Waals surface area contributed by atoms with Crippen LogP contribution in [0.3, 0.4) is 0 Å². The zero-order chi connectivity index (χ0) is 32.6. The summed E-state index contributed by atoms with van der Waals surface area (Å²) in [7, 11) is 0. The Morgan fingerprint density at radius 3 is 1.35 bits per heavy atom. The monoisotopic (exact) mass is 732 g/mol. The topological polar surface area (TPSA) is 0 Å². The molecule has 0 aromatic heterocycles. The first-order chi connectivity index (χ1) is 20.2. The molecule has 246 valence electrons. The number of fused-ring (bicyclic) bond motifs is 3. The van der Waals surface area contributed by atoms with Crippen molar-refractivity contribution in [3.63, 3.8) is 0 Å². The van der Waals surface area contributed by atoms with E-state index >= 15 is 0 Å². The van der Waals surface area contributed by atoms with Gasteiger partial charge in [-0.15, -0.1) is 0 Å². The Balaban J connectivity index is 0.00000288. The maximum Gasteiger partial charge on any atom is -1.00 e. The maximum atomic E-state index is 2.81.